The van der Waals surface area contributed by atoms with Crippen LogP contribution in [0, 0.1) is 0 Å². The van der Waals surface area contributed by atoms with Crippen LogP contribution in [0.4, 0.5) is 0 Å². The lowest BCUT2D eigenvalue weighted by molar-refractivity contribution is -0.410. The molecule has 3 fully saturated rings. The number of benzene rings is 1. The lowest BCUT2D eigenvalue weighted by atomic mass is 9.88. The molecular formula is C32H47N2O19-. The van der Waals surface area contributed by atoms with Gasteiger partial charge in [0.15, 0.2) is 12.6 Å². The van der Waals surface area contributed by atoms with E-state index in [-0.39, 0.29) is 6.61 Å². The Morgan fingerprint density at radius 1 is 0.868 bits per heavy atom. The molecule has 0 saturated carbocycles. The molecule has 4 rings (SSSR count). The van der Waals surface area contributed by atoms with Crippen LogP contribution < -0.4 is 15.7 Å². The Kier molecular flexibility index (Phi) is 15.0. The second-order valence-corrected chi connectivity index (χ2v) is 13.0. The van der Waals surface area contributed by atoms with E-state index in [1.165, 1.54) is 0 Å². The van der Waals surface area contributed by atoms with E-state index < -0.39 is 142 Å². The zero-order chi connectivity index (χ0) is 39.2. The lowest BCUT2D eigenvalue weighted by Crippen LogP contribution is -2.72. The van der Waals surface area contributed by atoms with Gasteiger partial charge in [-0.1, -0.05) is 30.3 Å². The van der Waals surface area contributed by atoms with Gasteiger partial charge in [-0.05, 0) is 5.56 Å². The summed E-state index contributed by atoms with van der Waals surface area (Å²) in [6.45, 7) is -0.719. The van der Waals surface area contributed by atoms with Gasteiger partial charge in [-0.25, -0.2) is 0 Å². The van der Waals surface area contributed by atoms with Gasteiger partial charge in [-0.2, -0.15) is 0 Å². The van der Waals surface area contributed by atoms with Crippen LogP contribution >= 0.6 is 0 Å². The number of aliphatic hydroxyl groups excluding tert-OH is 9. The Morgan fingerprint density at radius 2 is 1.43 bits per heavy atom. The predicted molar refractivity (Wildman–Crippen MR) is 168 cm³/mol. The van der Waals surface area contributed by atoms with Crippen LogP contribution in [0.1, 0.15) is 25.8 Å². The molecule has 21 nitrogen and oxygen atoms in total. The van der Waals surface area contributed by atoms with Crippen LogP contribution in [0.3, 0.4) is 0 Å². The topological polar surface area (TPSA) is 336 Å². The minimum Gasteiger partial charge on any atom is -0.544 e. The van der Waals surface area contributed by atoms with E-state index in [2.05, 4.69) is 10.6 Å². The normalized spacial score (nSPS) is 38.7. The van der Waals surface area contributed by atoms with E-state index in [1.807, 2.05) is 0 Å². The molecule has 0 unspecified atom stereocenters. The molecule has 21 heteroatoms. The van der Waals surface area contributed by atoms with E-state index in [0.717, 1.165) is 13.8 Å². The van der Waals surface area contributed by atoms with Crippen molar-refractivity contribution >= 4 is 17.8 Å². The summed E-state index contributed by atoms with van der Waals surface area (Å²) in [5, 5.41) is 113. The first-order valence-electron chi connectivity index (χ1n) is 16.7. The van der Waals surface area contributed by atoms with Gasteiger partial charge in [0.2, 0.25) is 17.6 Å². The number of carbonyl (C=O) groups excluding carboxylic acids is 3. The standard InChI is InChI=1S/C32H48N2O19/c1-13(38)33-20-16(40)8-32(31(46)47,52-27(20)22(42)17(41)9-35)53-28-24(44)19(11-37)50-30(25(28)45)51-26-21(34-14(2)39)29(49-18(10-36)23(26)43)48-12-15-6-4-3-5-7-15/h3-7,16-30,35-37,40-45H,8-12H2,1-2H3,(H,33,38)(H,34,39)(H,46,47)/p-1/t16-,17+,18+,19+,20+,21+,22+,23-,24-,25+,26+,27+,28-,29-,30-,32-/m0/s1. The van der Waals surface area contributed by atoms with Crippen LogP contribution in [0.15, 0.2) is 30.3 Å². The molecule has 2 amide bonds. The maximum absolute atomic E-state index is 12.7. The number of carboxylic acid groups (broad SMARTS) is 1. The summed E-state index contributed by atoms with van der Waals surface area (Å²) < 4.78 is 34.3. The molecule has 0 radical (unpaired) electrons. The largest absolute Gasteiger partial charge is 0.544 e. The van der Waals surface area contributed by atoms with Crippen molar-refractivity contribution in [3.05, 3.63) is 35.9 Å². The van der Waals surface area contributed by atoms with Gasteiger partial charge >= 0.3 is 0 Å². The van der Waals surface area contributed by atoms with E-state index in [1.54, 1.807) is 30.3 Å². The molecule has 1 aromatic carbocycles. The van der Waals surface area contributed by atoms with Crippen LogP contribution in [0.2, 0.25) is 0 Å². The Bertz CT molecular complexity index is 1360. The smallest absolute Gasteiger partial charge is 0.217 e. The molecule has 3 saturated heterocycles. The molecule has 3 aliphatic rings. The van der Waals surface area contributed by atoms with Gasteiger partial charge in [0.05, 0.1) is 38.6 Å². The summed E-state index contributed by atoms with van der Waals surface area (Å²) in [6.07, 6.45) is -25.4. The molecule has 3 heterocycles. The molecule has 0 aromatic heterocycles. The van der Waals surface area contributed by atoms with Crippen molar-refractivity contribution in [3.8, 4) is 0 Å². The van der Waals surface area contributed by atoms with Crippen molar-refractivity contribution in [2.75, 3.05) is 19.8 Å². The summed E-state index contributed by atoms with van der Waals surface area (Å²) >= 11 is 0. The van der Waals surface area contributed by atoms with Gasteiger partial charge in [0, 0.05) is 20.3 Å². The van der Waals surface area contributed by atoms with Crippen molar-refractivity contribution in [1.82, 2.24) is 10.6 Å². The third-order valence-electron chi connectivity index (χ3n) is 9.09. The van der Waals surface area contributed by atoms with E-state index in [0.29, 0.717) is 5.56 Å². The molecule has 11 N–H and O–H groups in total. The van der Waals surface area contributed by atoms with E-state index in [4.69, 9.17) is 28.4 Å². The van der Waals surface area contributed by atoms with Crippen LogP contribution in [-0.4, -0.2) is 181 Å². The highest BCUT2D eigenvalue weighted by molar-refractivity contribution is 5.75. The number of rotatable bonds is 15. The molecule has 16 atom stereocenters. The molecule has 3 aliphatic heterocycles. The van der Waals surface area contributed by atoms with Gasteiger partial charge in [-0.15, -0.1) is 0 Å². The number of amides is 2. The first kappa shape index (κ1) is 42.8. The van der Waals surface area contributed by atoms with Crippen molar-refractivity contribution in [2.45, 2.75) is 124 Å². The molecular weight excluding hydrogens is 716 g/mol. The van der Waals surface area contributed by atoms with Gasteiger partial charge in [-0.3, -0.25) is 9.59 Å². The highest BCUT2D eigenvalue weighted by Crippen LogP contribution is 2.38. The summed E-state index contributed by atoms with van der Waals surface area (Å²) in [5.41, 5.74) is 0.688. The highest BCUT2D eigenvalue weighted by atomic mass is 16.8. The van der Waals surface area contributed by atoms with Gasteiger partial charge in [0.25, 0.3) is 0 Å². The maximum atomic E-state index is 12.7. The number of aliphatic hydroxyl groups is 9. The Hall–Kier alpha value is -2.97. The predicted octanol–water partition coefficient (Wildman–Crippen LogP) is -7.19. The third kappa shape index (κ3) is 9.83. The van der Waals surface area contributed by atoms with Gasteiger partial charge < -0.3 is 94.9 Å². The van der Waals surface area contributed by atoms with Gasteiger partial charge in [0.1, 0.15) is 73.1 Å². The number of carboxylic acids is 1. The number of aliphatic carboxylic acids is 1. The molecule has 1 aromatic rings. The average Bonchev–Trinajstić information content (AvgIpc) is 3.12. The SMILES string of the molecule is CC(=O)N[C@H]1[C@@H](OCc2ccccc2)O[C@H](CO)[C@H](O)[C@@H]1O[C@@H]1O[C@H](CO)[C@H](O)[C@H](O[C@]2(C(=O)[O-])C[C@H](O)[C@@H](NC(C)=O)[C@H]([C@H](O)[C@H](O)CO)O2)[C@H]1O. The van der Waals surface area contributed by atoms with E-state index >= 15 is 0 Å². The Morgan fingerprint density at radius 3 is 1.98 bits per heavy atom. The summed E-state index contributed by atoms with van der Waals surface area (Å²) in [4.78, 5) is 36.9. The number of carbonyl (C=O) groups is 3. The highest BCUT2D eigenvalue weighted by Gasteiger charge is 2.58. The fourth-order valence-corrected chi connectivity index (χ4v) is 6.43. The molecule has 0 spiro atoms. The number of nitrogens with one attached hydrogen (secondary N) is 2. The monoisotopic (exact) mass is 763 g/mol. The number of hydrogen-bond acceptors (Lipinski definition) is 19. The fraction of sp³-hybridized carbons (Fsp3) is 0.719. The average molecular weight is 764 g/mol. The second kappa shape index (κ2) is 18.6. The number of ether oxygens (including phenoxy) is 6. The third-order valence-corrected chi connectivity index (χ3v) is 9.09. The zero-order valence-electron chi connectivity index (χ0n) is 28.7. The van der Waals surface area contributed by atoms with Crippen LogP contribution in [0.25, 0.3) is 0 Å². The van der Waals surface area contributed by atoms with Crippen molar-refractivity contribution in [2.24, 2.45) is 0 Å². The minimum absolute atomic E-state index is 0.0647. The fourth-order valence-electron chi connectivity index (χ4n) is 6.43. The minimum atomic E-state index is -3.15. The van der Waals surface area contributed by atoms with Crippen molar-refractivity contribution < 1.29 is 93.9 Å². The van der Waals surface area contributed by atoms with Crippen LogP contribution in [0.5, 0.6) is 0 Å². The van der Waals surface area contributed by atoms with Crippen molar-refractivity contribution in [3.63, 3.8) is 0 Å². The first-order chi connectivity index (χ1) is 25.1. The zero-order valence-corrected chi connectivity index (χ0v) is 28.7. The Balaban J connectivity index is 1.66. The molecule has 0 aliphatic carbocycles. The lowest BCUT2D eigenvalue weighted by Gasteiger charge is -2.52. The van der Waals surface area contributed by atoms with Crippen LogP contribution in [-0.2, 0) is 49.4 Å². The maximum Gasteiger partial charge on any atom is 0.217 e. The number of hydrogen-bond donors (Lipinski definition) is 11. The molecule has 53 heavy (non-hydrogen) atoms. The molecule has 0 bridgehead atoms. The van der Waals surface area contributed by atoms with E-state index in [9.17, 15) is 65.4 Å². The Labute approximate surface area is 302 Å². The summed E-state index contributed by atoms with van der Waals surface area (Å²) in [5.74, 6) is -6.78. The first-order valence-corrected chi connectivity index (χ1v) is 16.7. The quantitative estimate of drug-likeness (QED) is 0.0790. The summed E-state index contributed by atoms with van der Waals surface area (Å²) in [7, 11) is 0. The molecule has 300 valence electrons. The van der Waals surface area contributed by atoms with Crippen molar-refractivity contribution in [1.29, 1.82) is 0 Å². The summed E-state index contributed by atoms with van der Waals surface area (Å²) in [6, 6.07) is 5.80. The second-order valence-electron chi connectivity index (χ2n) is 13.0.